The Morgan fingerprint density at radius 1 is 1.29 bits per heavy atom. The molecule has 1 aromatic carbocycles. The van der Waals surface area contributed by atoms with Gasteiger partial charge in [-0.1, -0.05) is 15.9 Å². The highest BCUT2D eigenvalue weighted by atomic mass is 79.9. The summed E-state index contributed by atoms with van der Waals surface area (Å²) in [6, 6.07) is 5.16. The first-order valence-corrected chi connectivity index (χ1v) is 5.90. The molecule has 0 saturated carbocycles. The zero-order valence-corrected chi connectivity index (χ0v) is 10.7. The lowest BCUT2D eigenvalue weighted by molar-refractivity contribution is -0.114. The largest absolute Gasteiger partial charge is 0.501 e. The van der Waals surface area contributed by atoms with Crippen molar-refractivity contribution in [2.24, 2.45) is 0 Å². The molecule has 4 nitrogen and oxygen atoms in total. The Bertz CT molecular complexity index is 522. The van der Waals surface area contributed by atoms with E-state index in [-0.39, 0.29) is 5.91 Å². The Balaban J connectivity index is 2.56. The number of benzene rings is 1. The molecule has 0 aliphatic carbocycles. The second-order valence-electron chi connectivity index (χ2n) is 3.46. The average Bonchev–Trinajstić information content (AvgIpc) is 2.28. The molecule has 88 valence electrons. The third kappa shape index (κ3) is 2.24. The van der Waals surface area contributed by atoms with Crippen LogP contribution in [0.25, 0.3) is 5.57 Å². The van der Waals surface area contributed by atoms with Crippen molar-refractivity contribution in [1.29, 1.82) is 0 Å². The van der Waals surface area contributed by atoms with Crippen molar-refractivity contribution < 1.29 is 14.3 Å². The summed E-state index contributed by atoms with van der Waals surface area (Å²) in [6.45, 7) is 2.29. The lowest BCUT2D eigenvalue weighted by Gasteiger charge is -2.18. The van der Waals surface area contributed by atoms with Gasteiger partial charge in [0.15, 0.2) is 0 Å². The highest BCUT2D eigenvalue weighted by Gasteiger charge is 2.27. The van der Waals surface area contributed by atoms with E-state index < -0.39 is 5.91 Å². The van der Waals surface area contributed by atoms with Crippen molar-refractivity contribution in [3.8, 4) is 0 Å². The number of fused-ring (bicyclic) bond motifs is 1. The van der Waals surface area contributed by atoms with E-state index >= 15 is 0 Å². The summed E-state index contributed by atoms with van der Waals surface area (Å²) in [5.41, 5.74) is 1.42. The standard InChI is InChI=1S/C12H10BrNO3/c1-2-17-6-10-9-5-7(13)3-4-8(9)11(15)14-12(10)16/h3-6H,2H2,1H3,(H,14,15,16)/b10-6-. The highest BCUT2D eigenvalue weighted by Crippen LogP contribution is 2.27. The molecule has 0 saturated heterocycles. The van der Waals surface area contributed by atoms with Crippen LogP contribution in [-0.4, -0.2) is 18.4 Å². The topological polar surface area (TPSA) is 55.4 Å². The number of carbonyl (C=O) groups is 2. The molecule has 0 atom stereocenters. The summed E-state index contributed by atoms with van der Waals surface area (Å²) in [5.74, 6) is -0.819. The van der Waals surface area contributed by atoms with E-state index in [1.54, 1.807) is 18.2 Å². The number of ether oxygens (including phenoxy) is 1. The summed E-state index contributed by atoms with van der Waals surface area (Å²) < 4.78 is 5.93. The van der Waals surface area contributed by atoms with Crippen molar-refractivity contribution in [2.75, 3.05) is 6.61 Å². The van der Waals surface area contributed by atoms with Gasteiger partial charge in [0.2, 0.25) is 0 Å². The van der Waals surface area contributed by atoms with Crippen LogP contribution in [0, 0.1) is 0 Å². The number of imide groups is 1. The second kappa shape index (κ2) is 4.71. The zero-order valence-electron chi connectivity index (χ0n) is 9.12. The average molecular weight is 296 g/mol. The molecule has 1 N–H and O–H groups in total. The highest BCUT2D eigenvalue weighted by molar-refractivity contribution is 9.10. The van der Waals surface area contributed by atoms with Crippen molar-refractivity contribution in [2.45, 2.75) is 6.92 Å². The minimum Gasteiger partial charge on any atom is -0.501 e. The normalized spacial score (nSPS) is 16.7. The molecule has 2 amide bonds. The predicted molar refractivity (Wildman–Crippen MR) is 66.2 cm³/mol. The molecule has 5 heteroatoms. The van der Waals surface area contributed by atoms with E-state index in [1.165, 1.54) is 6.26 Å². The van der Waals surface area contributed by atoms with E-state index in [1.807, 2.05) is 6.92 Å². The molecule has 0 unspecified atom stereocenters. The SMILES string of the molecule is CCO/C=C1\C(=O)NC(=O)c2ccc(Br)cc21. The van der Waals surface area contributed by atoms with Gasteiger partial charge in [-0.3, -0.25) is 14.9 Å². The summed E-state index contributed by atoms with van der Waals surface area (Å²) in [6.07, 6.45) is 1.38. The van der Waals surface area contributed by atoms with Crippen LogP contribution < -0.4 is 5.32 Å². The van der Waals surface area contributed by atoms with Gasteiger partial charge in [0.05, 0.1) is 18.4 Å². The summed E-state index contributed by atoms with van der Waals surface area (Å²) in [4.78, 5) is 23.3. The number of hydrogen-bond donors (Lipinski definition) is 1. The maximum absolute atomic E-state index is 11.7. The fourth-order valence-electron chi connectivity index (χ4n) is 1.58. The van der Waals surface area contributed by atoms with Gasteiger partial charge in [-0.15, -0.1) is 0 Å². The maximum atomic E-state index is 11.7. The van der Waals surface area contributed by atoms with Crippen molar-refractivity contribution in [3.63, 3.8) is 0 Å². The molecule has 1 aliphatic rings. The van der Waals surface area contributed by atoms with Gasteiger partial charge < -0.3 is 4.74 Å². The molecular formula is C12H10BrNO3. The lowest BCUT2D eigenvalue weighted by atomic mass is 9.96. The quantitative estimate of drug-likeness (QED) is 0.516. The number of nitrogens with one attached hydrogen (secondary N) is 1. The molecule has 17 heavy (non-hydrogen) atoms. The van der Waals surface area contributed by atoms with E-state index in [0.29, 0.717) is 23.3 Å². The van der Waals surface area contributed by atoms with E-state index in [9.17, 15) is 9.59 Å². The smallest absolute Gasteiger partial charge is 0.261 e. The van der Waals surface area contributed by atoms with Crippen LogP contribution in [0.5, 0.6) is 0 Å². The maximum Gasteiger partial charge on any atom is 0.261 e. The molecule has 0 radical (unpaired) electrons. The summed E-state index contributed by atoms with van der Waals surface area (Å²) >= 11 is 3.31. The Kier molecular flexibility index (Phi) is 3.28. The van der Waals surface area contributed by atoms with Crippen LogP contribution in [0.2, 0.25) is 0 Å². The molecule has 2 rings (SSSR count). The van der Waals surface area contributed by atoms with Crippen LogP contribution in [0.3, 0.4) is 0 Å². The van der Waals surface area contributed by atoms with Crippen LogP contribution in [0.4, 0.5) is 0 Å². The fraction of sp³-hybridized carbons (Fsp3) is 0.167. The van der Waals surface area contributed by atoms with E-state index in [0.717, 1.165) is 4.47 Å². The first-order chi connectivity index (χ1) is 8.13. The Labute approximate surface area is 107 Å². The fourth-order valence-corrected chi connectivity index (χ4v) is 1.94. The van der Waals surface area contributed by atoms with Crippen LogP contribution >= 0.6 is 15.9 Å². The number of rotatable bonds is 2. The van der Waals surface area contributed by atoms with Crippen LogP contribution in [-0.2, 0) is 9.53 Å². The molecule has 1 aromatic rings. The van der Waals surface area contributed by atoms with Gasteiger partial charge in [-0.05, 0) is 25.1 Å². The van der Waals surface area contributed by atoms with Gasteiger partial charge in [0.1, 0.15) is 0 Å². The second-order valence-corrected chi connectivity index (χ2v) is 4.38. The van der Waals surface area contributed by atoms with Crippen molar-refractivity contribution in [3.05, 3.63) is 40.1 Å². The van der Waals surface area contributed by atoms with Gasteiger partial charge in [0, 0.05) is 15.6 Å². The van der Waals surface area contributed by atoms with Gasteiger partial charge in [0.25, 0.3) is 11.8 Å². The zero-order chi connectivity index (χ0) is 12.4. The molecular weight excluding hydrogens is 286 g/mol. The van der Waals surface area contributed by atoms with Crippen LogP contribution in [0.15, 0.2) is 28.9 Å². The summed E-state index contributed by atoms with van der Waals surface area (Å²) in [5, 5.41) is 2.27. The molecule has 1 heterocycles. The molecule has 0 aromatic heterocycles. The molecule has 1 aliphatic heterocycles. The Hall–Kier alpha value is -1.62. The third-order valence-electron chi connectivity index (χ3n) is 2.36. The van der Waals surface area contributed by atoms with Crippen molar-refractivity contribution in [1.82, 2.24) is 5.32 Å². The third-order valence-corrected chi connectivity index (χ3v) is 2.85. The Morgan fingerprint density at radius 2 is 2.06 bits per heavy atom. The molecule has 0 spiro atoms. The first-order valence-electron chi connectivity index (χ1n) is 5.11. The molecule has 0 fully saturated rings. The number of amides is 2. The Morgan fingerprint density at radius 3 is 2.76 bits per heavy atom. The minimum absolute atomic E-state index is 0.364. The van der Waals surface area contributed by atoms with E-state index in [4.69, 9.17) is 4.74 Å². The number of halogens is 1. The van der Waals surface area contributed by atoms with E-state index in [2.05, 4.69) is 21.2 Å². The molecule has 0 bridgehead atoms. The van der Waals surface area contributed by atoms with Gasteiger partial charge in [-0.2, -0.15) is 0 Å². The van der Waals surface area contributed by atoms with Gasteiger partial charge >= 0.3 is 0 Å². The predicted octanol–water partition coefficient (Wildman–Crippen LogP) is 2.10. The monoisotopic (exact) mass is 295 g/mol. The number of hydrogen-bond acceptors (Lipinski definition) is 3. The first kappa shape index (κ1) is 11.9. The van der Waals surface area contributed by atoms with Crippen molar-refractivity contribution >= 4 is 33.3 Å². The lowest BCUT2D eigenvalue weighted by Crippen LogP contribution is -2.36. The number of carbonyl (C=O) groups excluding carboxylic acids is 2. The van der Waals surface area contributed by atoms with Crippen LogP contribution in [0.1, 0.15) is 22.8 Å². The minimum atomic E-state index is -0.436. The summed E-state index contributed by atoms with van der Waals surface area (Å²) in [7, 11) is 0. The van der Waals surface area contributed by atoms with Gasteiger partial charge in [-0.25, -0.2) is 0 Å².